The zero-order valence-electron chi connectivity index (χ0n) is 11.1. The predicted molar refractivity (Wildman–Crippen MR) is 77.4 cm³/mol. The molecular formula is C14H21ClN2O2. The second-order valence-corrected chi connectivity index (χ2v) is 4.84. The van der Waals surface area contributed by atoms with Gasteiger partial charge in [0.25, 0.3) is 5.91 Å². The Kier molecular flexibility index (Phi) is 6.28. The first-order valence-electron chi connectivity index (χ1n) is 6.32. The van der Waals surface area contributed by atoms with E-state index in [2.05, 4.69) is 5.32 Å². The third-order valence-electron chi connectivity index (χ3n) is 3.25. The maximum atomic E-state index is 11.9. The third kappa shape index (κ3) is 4.82. The number of nitrogens with two attached hydrogens (primary N) is 1. The van der Waals surface area contributed by atoms with E-state index < -0.39 is 0 Å². The van der Waals surface area contributed by atoms with Crippen LogP contribution in [0.5, 0.6) is 0 Å². The summed E-state index contributed by atoms with van der Waals surface area (Å²) in [7, 11) is 1.65. The summed E-state index contributed by atoms with van der Waals surface area (Å²) in [4.78, 5) is 11.9. The molecule has 106 valence electrons. The summed E-state index contributed by atoms with van der Waals surface area (Å²) < 4.78 is 5.02. The Hall–Kier alpha value is -1.10. The van der Waals surface area contributed by atoms with Crippen molar-refractivity contribution in [2.24, 2.45) is 11.7 Å². The molecule has 2 rings (SSSR count). The van der Waals surface area contributed by atoms with Crippen LogP contribution in [0.15, 0.2) is 24.3 Å². The number of rotatable bonds is 6. The van der Waals surface area contributed by atoms with Crippen LogP contribution >= 0.6 is 12.4 Å². The molecule has 0 heterocycles. The number of methoxy groups -OCH3 is 1. The van der Waals surface area contributed by atoms with Crippen molar-refractivity contribution in [1.29, 1.82) is 0 Å². The molecule has 5 heteroatoms. The molecule has 1 amide bonds. The van der Waals surface area contributed by atoms with E-state index in [-0.39, 0.29) is 24.4 Å². The molecule has 0 radical (unpaired) electrons. The van der Waals surface area contributed by atoms with E-state index in [9.17, 15) is 4.79 Å². The van der Waals surface area contributed by atoms with E-state index in [4.69, 9.17) is 10.5 Å². The molecule has 0 spiro atoms. The van der Waals surface area contributed by atoms with Crippen LogP contribution in [0.25, 0.3) is 0 Å². The standard InChI is InChI=1S/C14H20N2O2.ClH/c1-18-9-10-2-4-12(5-3-10)14(17)16-8-13(15)11-6-7-11;/h2-5,11,13H,6-9,15H2,1H3,(H,16,17);1H. The van der Waals surface area contributed by atoms with Crippen molar-refractivity contribution < 1.29 is 9.53 Å². The highest BCUT2D eigenvalue weighted by molar-refractivity contribution is 5.94. The van der Waals surface area contributed by atoms with E-state index in [1.54, 1.807) is 7.11 Å². The summed E-state index contributed by atoms with van der Waals surface area (Å²) in [6.07, 6.45) is 2.39. The summed E-state index contributed by atoms with van der Waals surface area (Å²) in [5, 5.41) is 2.88. The monoisotopic (exact) mass is 284 g/mol. The average molecular weight is 285 g/mol. The number of nitrogens with one attached hydrogen (secondary N) is 1. The predicted octanol–water partition coefficient (Wildman–Crippen LogP) is 1.72. The van der Waals surface area contributed by atoms with Crippen LogP contribution in [0.4, 0.5) is 0 Å². The second-order valence-electron chi connectivity index (χ2n) is 4.84. The van der Waals surface area contributed by atoms with Gasteiger partial charge in [-0.15, -0.1) is 12.4 Å². The largest absolute Gasteiger partial charge is 0.380 e. The van der Waals surface area contributed by atoms with Gasteiger partial charge in [0.2, 0.25) is 0 Å². The molecule has 1 fully saturated rings. The number of amides is 1. The normalized spacial score (nSPS) is 15.5. The van der Waals surface area contributed by atoms with Gasteiger partial charge in [0.1, 0.15) is 0 Å². The van der Waals surface area contributed by atoms with Crippen LogP contribution < -0.4 is 11.1 Å². The minimum atomic E-state index is -0.0601. The van der Waals surface area contributed by atoms with E-state index >= 15 is 0 Å². The Labute approximate surface area is 120 Å². The molecule has 0 aliphatic heterocycles. The van der Waals surface area contributed by atoms with Gasteiger partial charge in [-0.3, -0.25) is 4.79 Å². The molecule has 1 unspecified atom stereocenters. The number of benzene rings is 1. The fourth-order valence-corrected chi connectivity index (χ4v) is 1.92. The molecule has 1 saturated carbocycles. The zero-order chi connectivity index (χ0) is 13.0. The van der Waals surface area contributed by atoms with Gasteiger partial charge in [-0.2, -0.15) is 0 Å². The number of carbonyl (C=O) groups excluding carboxylic acids is 1. The van der Waals surface area contributed by atoms with Crippen LogP contribution in [0, 0.1) is 5.92 Å². The van der Waals surface area contributed by atoms with E-state index in [0.29, 0.717) is 24.6 Å². The molecule has 4 nitrogen and oxygen atoms in total. The number of ether oxygens (including phenoxy) is 1. The minimum Gasteiger partial charge on any atom is -0.380 e. The van der Waals surface area contributed by atoms with Crippen molar-refractivity contribution in [3.05, 3.63) is 35.4 Å². The Morgan fingerprint density at radius 1 is 1.42 bits per heavy atom. The summed E-state index contributed by atoms with van der Waals surface area (Å²) in [5.74, 6) is 0.546. The molecule has 1 aliphatic carbocycles. The summed E-state index contributed by atoms with van der Waals surface area (Å²) >= 11 is 0. The third-order valence-corrected chi connectivity index (χ3v) is 3.25. The SMILES string of the molecule is COCc1ccc(C(=O)NCC(N)C2CC2)cc1.Cl. The van der Waals surface area contributed by atoms with Crippen molar-refractivity contribution >= 4 is 18.3 Å². The summed E-state index contributed by atoms with van der Waals surface area (Å²) in [6.45, 7) is 1.12. The Morgan fingerprint density at radius 3 is 2.58 bits per heavy atom. The maximum Gasteiger partial charge on any atom is 0.251 e. The van der Waals surface area contributed by atoms with Crippen molar-refractivity contribution in [2.45, 2.75) is 25.5 Å². The molecule has 1 aromatic carbocycles. The smallest absolute Gasteiger partial charge is 0.251 e. The van der Waals surface area contributed by atoms with Crippen LogP contribution in [-0.4, -0.2) is 25.6 Å². The van der Waals surface area contributed by atoms with Crippen LogP contribution in [-0.2, 0) is 11.3 Å². The summed E-state index contributed by atoms with van der Waals surface area (Å²) in [5.41, 5.74) is 7.66. The maximum absolute atomic E-state index is 11.9. The van der Waals surface area contributed by atoms with Crippen molar-refractivity contribution in [1.82, 2.24) is 5.32 Å². The molecule has 3 N–H and O–H groups in total. The van der Waals surface area contributed by atoms with Crippen LogP contribution in [0.1, 0.15) is 28.8 Å². The van der Waals surface area contributed by atoms with Crippen molar-refractivity contribution in [2.75, 3.05) is 13.7 Å². The highest BCUT2D eigenvalue weighted by Crippen LogP contribution is 2.31. The van der Waals surface area contributed by atoms with Gasteiger partial charge in [0.05, 0.1) is 6.61 Å². The lowest BCUT2D eigenvalue weighted by atomic mass is 10.1. The number of carbonyl (C=O) groups is 1. The molecule has 1 aromatic rings. The van der Waals surface area contributed by atoms with Crippen LogP contribution in [0.2, 0.25) is 0 Å². The minimum absolute atomic E-state index is 0. The molecule has 0 saturated heterocycles. The van der Waals surface area contributed by atoms with Gasteiger partial charge < -0.3 is 15.8 Å². The first-order valence-corrected chi connectivity index (χ1v) is 6.32. The van der Waals surface area contributed by atoms with E-state index in [1.807, 2.05) is 24.3 Å². The molecule has 0 bridgehead atoms. The average Bonchev–Trinajstić information content (AvgIpc) is 3.21. The Morgan fingerprint density at radius 2 is 2.05 bits per heavy atom. The van der Waals surface area contributed by atoms with Crippen molar-refractivity contribution in [3.8, 4) is 0 Å². The van der Waals surface area contributed by atoms with E-state index in [0.717, 1.165) is 5.56 Å². The topological polar surface area (TPSA) is 64.3 Å². The second kappa shape index (κ2) is 7.48. The lowest BCUT2D eigenvalue weighted by Gasteiger charge is -2.11. The molecule has 1 aliphatic rings. The molecular weight excluding hydrogens is 264 g/mol. The zero-order valence-corrected chi connectivity index (χ0v) is 11.9. The van der Waals surface area contributed by atoms with Crippen LogP contribution in [0.3, 0.4) is 0 Å². The molecule has 1 atom stereocenters. The van der Waals surface area contributed by atoms with Gasteiger partial charge >= 0.3 is 0 Å². The molecule has 0 aromatic heterocycles. The van der Waals surface area contributed by atoms with Gasteiger partial charge in [0.15, 0.2) is 0 Å². The van der Waals surface area contributed by atoms with E-state index in [1.165, 1.54) is 12.8 Å². The fourth-order valence-electron chi connectivity index (χ4n) is 1.92. The number of hydrogen-bond acceptors (Lipinski definition) is 3. The fraction of sp³-hybridized carbons (Fsp3) is 0.500. The lowest BCUT2D eigenvalue weighted by Crippen LogP contribution is -2.38. The van der Waals surface area contributed by atoms with Crippen molar-refractivity contribution in [3.63, 3.8) is 0 Å². The van der Waals surface area contributed by atoms with Gasteiger partial charge in [-0.05, 0) is 36.5 Å². The molecule has 19 heavy (non-hydrogen) atoms. The van der Waals surface area contributed by atoms with Gasteiger partial charge in [0, 0.05) is 25.3 Å². The first kappa shape index (κ1) is 16.0. The number of halogens is 1. The number of hydrogen-bond donors (Lipinski definition) is 2. The van der Waals surface area contributed by atoms with Gasteiger partial charge in [-0.25, -0.2) is 0 Å². The Bertz CT molecular complexity index is 404. The van der Waals surface area contributed by atoms with Gasteiger partial charge in [-0.1, -0.05) is 12.1 Å². The summed E-state index contributed by atoms with van der Waals surface area (Å²) in [6, 6.07) is 7.53. The quantitative estimate of drug-likeness (QED) is 0.836. The Balaban J connectivity index is 0.00000180. The highest BCUT2D eigenvalue weighted by atomic mass is 35.5. The highest BCUT2D eigenvalue weighted by Gasteiger charge is 2.28. The lowest BCUT2D eigenvalue weighted by molar-refractivity contribution is 0.0950. The first-order chi connectivity index (χ1) is 8.70.